The smallest absolute Gasteiger partial charge is 0.248 e. The fourth-order valence-electron chi connectivity index (χ4n) is 1.89. The first kappa shape index (κ1) is 14.6. The normalized spacial score (nSPS) is 12.3. The Kier molecular flexibility index (Phi) is 4.47. The van der Waals surface area contributed by atoms with Crippen molar-refractivity contribution in [2.45, 2.75) is 26.4 Å². The van der Waals surface area contributed by atoms with Gasteiger partial charge in [-0.05, 0) is 43.7 Å². The van der Waals surface area contributed by atoms with Crippen LogP contribution < -0.4 is 11.1 Å². The number of nitrogens with two attached hydrogens (primary N) is 1. The zero-order valence-corrected chi connectivity index (χ0v) is 12.2. The van der Waals surface area contributed by atoms with Gasteiger partial charge in [0.1, 0.15) is 11.5 Å². The minimum atomic E-state index is -0.481. The number of hydrogen-bond acceptors (Lipinski definition) is 3. The van der Waals surface area contributed by atoms with Gasteiger partial charge in [0.2, 0.25) is 5.91 Å². The summed E-state index contributed by atoms with van der Waals surface area (Å²) in [5.41, 5.74) is 6.53. The van der Waals surface area contributed by atoms with Crippen LogP contribution in [0.3, 0.4) is 0 Å². The maximum Gasteiger partial charge on any atom is 0.248 e. The van der Waals surface area contributed by atoms with Gasteiger partial charge in [-0.3, -0.25) is 4.79 Å². The number of benzene rings is 1. The molecule has 0 saturated heterocycles. The number of furan rings is 1. The summed E-state index contributed by atoms with van der Waals surface area (Å²) in [6.07, 6.45) is 0. The second-order valence-corrected chi connectivity index (χ2v) is 5.13. The SMILES string of the molecule is Cc1ccc(C(C)NCc2ccc(C(N)=O)cc2Cl)o1. The van der Waals surface area contributed by atoms with Crippen LogP contribution >= 0.6 is 11.6 Å². The predicted octanol–water partition coefficient (Wildman–Crippen LogP) is 3.19. The van der Waals surface area contributed by atoms with Crippen LogP contribution in [0.25, 0.3) is 0 Å². The van der Waals surface area contributed by atoms with Crippen LogP contribution in [0.2, 0.25) is 5.02 Å². The Morgan fingerprint density at radius 1 is 1.40 bits per heavy atom. The van der Waals surface area contributed by atoms with E-state index in [1.807, 2.05) is 26.0 Å². The molecule has 20 heavy (non-hydrogen) atoms. The number of carbonyl (C=O) groups excluding carboxylic acids is 1. The van der Waals surface area contributed by atoms with E-state index in [-0.39, 0.29) is 6.04 Å². The van der Waals surface area contributed by atoms with E-state index in [9.17, 15) is 4.79 Å². The summed E-state index contributed by atoms with van der Waals surface area (Å²) in [4.78, 5) is 11.1. The summed E-state index contributed by atoms with van der Waals surface area (Å²) in [5, 5.41) is 3.85. The fraction of sp³-hybridized carbons (Fsp3) is 0.267. The highest BCUT2D eigenvalue weighted by Crippen LogP contribution is 2.20. The van der Waals surface area contributed by atoms with Crippen LogP contribution in [0.5, 0.6) is 0 Å². The Labute approximate surface area is 122 Å². The summed E-state index contributed by atoms with van der Waals surface area (Å²) in [6.45, 7) is 4.51. The second kappa shape index (κ2) is 6.11. The van der Waals surface area contributed by atoms with Gasteiger partial charge in [-0.15, -0.1) is 0 Å². The van der Waals surface area contributed by atoms with Gasteiger partial charge in [0.15, 0.2) is 0 Å². The van der Waals surface area contributed by atoms with Crippen LogP contribution in [-0.2, 0) is 6.54 Å². The zero-order chi connectivity index (χ0) is 14.7. The number of rotatable bonds is 5. The molecule has 4 nitrogen and oxygen atoms in total. The van der Waals surface area contributed by atoms with Crippen LogP contribution in [0.1, 0.15) is 40.4 Å². The molecule has 5 heteroatoms. The molecule has 0 bridgehead atoms. The van der Waals surface area contributed by atoms with Crippen molar-refractivity contribution in [3.05, 3.63) is 58.0 Å². The Balaban J connectivity index is 2.02. The lowest BCUT2D eigenvalue weighted by atomic mass is 10.1. The molecule has 0 fully saturated rings. The van der Waals surface area contributed by atoms with Crippen molar-refractivity contribution in [2.24, 2.45) is 5.73 Å². The molecule has 1 aromatic heterocycles. The number of primary amides is 1. The molecule has 0 spiro atoms. The first-order valence-corrected chi connectivity index (χ1v) is 6.73. The number of amides is 1. The van der Waals surface area contributed by atoms with Crippen molar-refractivity contribution in [2.75, 3.05) is 0 Å². The van der Waals surface area contributed by atoms with Crippen molar-refractivity contribution in [1.82, 2.24) is 5.32 Å². The average Bonchev–Trinajstić information content (AvgIpc) is 2.83. The van der Waals surface area contributed by atoms with Crippen LogP contribution in [-0.4, -0.2) is 5.91 Å². The molecule has 2 rings (SSSR count). The van der Waals surface area contributed by atoms with Crippen LogP contribution in [0.15, 0.2) is 34.7 Å². The molecule has 1 unspecified atom stereocenters. The molecule has 1 aromatic carbocycles. The van der Waals surface area contributed by atoms with Gasteiger partial charge in [-0.25, -0.2) is 0 Å². The van der Waals surface area contributed by atoms with Crippen molar-refractivity contribution in [3.8, 4) is 0 Å². The van der Waals surface area contributed by atoms with E-state index in [0.29, 0.717) is 17.1 Å². The Hall–Kier alpha value is -1.78. The quantitative estimate of drug-likeness (QED) is 0.889. The maximum atomic E-state index is 11.1. The molecule has 1 atom stereocenters. The Morgan fingerprint density at radius 3 is 2.70 bits per heavy atom. The molecule has 1 heterocycles. The Morgan fingerprint density at radius 2 is 2.15 bits per heavy atom. The molecular formula is C15H17ClN2O2. The number of nitrogens with one attached hydrogen (secondary N) is 1. The molecular weight excluding hydrogens is 276 g/mol. The highest BCUT2D eigenvalue weighted by Gasteiger charge is 2.10. The summed E-state index contributed by atoms with van der Waals surface area (Å²) in [5.74, 6) is 1.29. The van der Waals surface area contributed by atoms with Crippen molar-refractivity contribution >= 4 is 17.5 Å². The third kappa shape index (κ3) is 3.40. The van der Waals surface area contributed by atoms with E-state index in [2.05, 4.69) is 5.32 Å². The summed E-state index contributed by atoms with van der Waals surface area (Å²) in [7, 11) is 0. The third-order valence-electron chi connectivity index (χ3n) is 3.12. The summed E-state index contributed by atoms with van der Waals surface area (Å²) in [6, 6.07) is 9.02. The molecule has 0 saturated carbocycles. The predicted molar refractivity (Wildman–Crippen MR) is 78.7 cm³/mol. The maximum absolute atomic E-state index is 11.1. The van der Waals surface area contributed by atoms with Gasteiger partial charge in [0, 0.05) is 17.1 Å². The highest BCUT2D eigenvalue weighted by atomic mass is 35.5. The topological polar surface area (TPSA) is 68.3 Å². The fourth-order valence-corrected chi connectivity index (χ4v) is 2.14. The van der Waals surface area contributed by atoms with Gasteiger partial charge in [-0.2, -0.15) is 0 Å². The van der Waals surface area contributed by atoms with E-state index in [4.69, 9.17) is 21.8 Å². The molecule has 106 valence electrons. The van der Waals surface area contributed by atoms with Crippen molar-refractivity contribution in [1.29, 1.82) is 0 Å². The first-order chi connectivity index (χ1) is 9.47. The largest absolute Gasteiger partial charge is 0.465 e. The minimum absolute atomic E-state index is 0.0792. The molecule has 2 aromatic rings. The number of carbonyl (C=O) groups is 1. The number of halogens is 1. The van der Waals surface area contributed by atoms with Gasteiger partial charge < -0.3 is 15.5 Å². The summed E-state index contributed by atoms with van der Waals surface area (Å²) < 4.78 is 5.56. The first-order valence-electron chi connectivity index (χ1n) is 6.35. The molecule has 3 N–H and O–H groups in total. The van der Waals surface area contributed by atoms with Gasteiger partial charge in [0.25, 0.3) is 0 Å². The Bertz CT molecular complexity index is 622. The van der Waals surface area contributed by atoms with E-state index < -0.39 is 5.91 Å². The standard InChI is InChI=1S/C15H17ClN2O2/c1-9-3-6-14(20-9)10(2)18-8-12-5-4-11(15(17)19)7-13(12)16/h3-7,10,18H,8H2,1-2H3,(H2,17,19). The molecule has 1 amide bonds. The average molecular weight is 293 g/mol. The van der Waals surface area contributed by atoms with E-state index in [1.165, 1.54) is 0 Å². The van der Waals surface area contributed by atoms with Gasteiger partial charge >= 0.3 is 0 Å². The lowest BCUT2D eigenvalue weighted by Gasteiger charge is -2.12. The number of aryl methyl sites for hydroxylation is 1. The molecule has 0 aliphatic rings. The van der Waals surface area contributed by atoms with Crippen LogP contribution in [0.4, 0.5) is 0 Å². The molecule has 0 radical (unpaired) electrons. The van der Waals surface area contributed by atoms with Crippen molar-refractivity contribution in [3.63, 3.8) is 0 Å². The lowest BCUT2D eigenvalue weighted by Crippen LogP contribution is -2.18. The minimum Gasteiger partial charge on any atom is -0.465 e. The van der Waals surface area contributed by atoms with Gasteiger partial charge in [-0.1, -0.05) is 17.7 Å². The monoisotopic (exact) mass is 292 g/mol. The lowest BCUT2D eigenvalue weighted by molar-refractivity contribution is 0.100. The van der Waals surface area contributed by atoms with E-state index in [1.54, 1.807) is 18.2 Å². The van der Waals surface area contributed by atoms with E-state index in [0.717, 1.165) is 17.1 Å². The van der Waals surface area contributed by atoms with Crippen LogP contribution in [0, 0.1) is 6.92 Å². The second-order valence-electron chi connectivity index (χ2n) is 4.72. The van der Waals surface area contributed by atoms with Gasteiger partial charge in [0.05, 0.1) is 6.04 Å². The number of hydrogen-bond donors (Lipinski definition) is 2. The molecule has 0 aliphatic heterocycles. The highest BCUT2D eigenvalue weighted by molar-refractivity contribution is 6.31. The van der Waals surface area contributed by atoms with E-state index >= 15 is 0 Å². The zero-order valence-electron chi connectivity index (χ0n) is 11.4. The molecule has 0 aliphatic carbocycles. The van der Waals surface area contributed by atoms with Crippen molar-refractivity contribution < 1.29 is 9.21 Å². The summed E-state index contributed by atoms with van der Waals surface area (Å²) >= 11 is 6.14. The third-order valence-corrected chi connectivity index (χ3v) is 3.48.